The molecule has 4 rings (SSSR count). The molecule has 4 aromatic carbocycles. The van der Waals surface area contributed by atoms with Crippen molar-refractivity contribution in [3.8, 4) is 28.7 Å². The van der Waals surface area contributed by atoms with Crippen LogP contribution >= 0.6 is 0 Å². The molecule has 0 aromatic heterocycles. The second kappa shape index (κ2) is 12.0. The summed E-state index contributed by atoms with van der Waals surface area (Å²) in [4.78, 5) is 0. The largest absolute Gasteiger partial charge is 0.432 e. The predicted octanol–water partition coefficient (Wildman–Crippen LogP) is 9.11. The molecule has 0 aliphatic rings. The minimum Gasteiger partial charge on any atom is -0.429 e. The number of benzene rings is 4. The van der Waals surface area contributed by atoms with Crippen LogP contribution in [-0.2, 0) is 12.5 Å². The molecule has 0 fully saturated rings. The van der Waals surface area contributed by atoms with Crippen LogP contribution < -0.4 is 4.74 Å². The second-order valence-electron chi connectivity index (χ2n) is 8.84. The lowest BCUT2D eigenvalue weighted by molar-refractivity contribution is -0.189. The molecular formula is C31H16F10O. The number of alkyl halides is 2. The van der Waals surface area contributed by atoms with Gasteiger partial charge in [-0.1, -0.05) is 17.9 Å². The first-order valence-electron chi connectivity index (χ1n) is 11.9. The van der Waals surface area contributed by atoms with E-state index in [2.05, 4.69) is 23.2 Å². The smallest absolute Gasteiger partial charge is 0.429 e. The molecule has 0 bridgehead atoms. The lowest BCUT2D eigenvalue weighted by Gasteiger charge is -2.20. The zero-order valence-corrected chi connectivity index (χ0v) is 21.1. The lowest BCUT2D eigenvalue weighted by atomic mass is 9.98. The van der Waals surface area contributed by atoms with E-state index in [-0.39, 0.29) is 17.5 Å². The summed E-state index contributed by atoms with van der Waals surface area (Å²) in [5.41, 5.74) is -3.99. The van der Waals surface area contributed by atoms with Gasteiger partial charge >= 0.3 is 6.11 Å². The first kappa shape index (κ1) is 30.2. The highest BCUT2D eigenvalue weighted by atomic mass is 19.3. The summed E-state index contributed by atoms with van der Waals surface area (Å²) in [5.74, 6) is -8.73. The van der Waals surface area contributed by atoms with Crippen molar-refractivity contribution in [2.45, 2.75) is 19.0 Å². The Bertz CT molecular complexity index is 1680. The molecule has 1 nitrogen and oxygen atoms in total. The van der Waals surface area contributed by atoms with Gasteiger partial charge in [-0.15, -0.1) is 6.58 Å². The van der Waals surface area contributed by atoms with E-state index in [1.54, 1.807) is 0 Å². The summed E-state index contributed by atoms with van der Waals surface area (Å²) in [7, 11) is 0. The zero-order valence-electron chi connectivity index (χ0n) is 21.1. The number of hydrogen-bond acceptors (Lipinski definition) is 1. The van der Waals surface area contributed by atoms with E-state index in [0.29, 0.717) is 36.8 Å². The first-order valence-corrected chi connectivity index (χ1v) is 11.9. The SMILES string of the molecule is C=CCCc1cc(F)c(-c2cc(F)c(C(F)(F)Oc3ccc(C#Cc4cc(F)c(F)c(F)c4)c(F)c3)c(F)c2)c(F)c1. The van der Waals surface area contributed by atoms with Crippen LogP contribution in [0.3, 0.4) is 0 Å². The Kier molecular flexibility index (Phi) is 8.66. The molecule has 216 valence electrons. The normalized spacial score (nSPS) is 11.2. The van der Waals surface area contributed by atoms with E-state index in [9.17, 15) is 43.9 Å². The van der Waals surface area contributed by atoms with Crippen LogP contribution in [0.1, 0.15) is 28.7 Å². The van der Waals surface area contributed by atoms with Crippen LogP contribution in [0.4, 0.5) is 43.9 Å². The van der Waals surface area contributed by atoms with Crippen molar-refractivity contribution in [1.29, 1.82) is 0 Å². The highest BCUT2D eigenvalue weighted by Gasteiger charge is 2.41. The lowest BCUT2D eigenvalue weighted by Crippen LogP contribution is -2.25. The maximum atomic E-state index is 14.8. The molecule has 4 aromatic rings. The number of aryl methyl sites for hydroxylation is 1. The van der Waals surface area contributed by atoms with Crippen LogP contribution in [0.2, 0.25) is 0 Å². The fourth-order valence-corrected chi connectivity index (χ4v) is 3.94. The number of rotatable bonds is 7. The minimum atomic E-state index is -4.72. The summed E-state index contributed by atoms with van der Waals surface area (Å²) in [6, 6.07) is 5.63. The van der Waals surface area contributed by atoms with Crippen LogP contribution in [-0.4, -0.2) is 0 Å². The Balaban J connectivity index is 1.59. The molecule has 0 aliphatic heterocycles. The standard InChI is InChI=1S/C31H16F10O/c1-2-3-4-16-9-22(33)28(23(34)10-16)19-13-24(35)29(25(36)14-19)31(40,41)42-20-8-7-18(21(32)15-20)6-5-17-11-26(37)30(39)27(38)12-17/h2,7-15H,1,3-4H2. The molecule has 42 heavy (non-hydrogen) atoms. The van der Waals surface area contributed by atoms with Crippen molar-refractivity contribution in [3.05, 3.63) is 136 Å². The van der Waals surface area contributed by atoms with Crippen molar-refractivity contribution in [2.24, 2.45) is 0 Å². The number of ether oxygens (including phenoxy) is 1. The van der Waals surface area contributed by atoms with Crippen molar-refractivity contribution >= 4 is 0 Å². The van der Waals surface area contributed by atoms with Crippen LogP contribution in [0.15, 0.2) is 67.3 Å². The summed E-state index contributed by atoms with van der Waals surface area (Å²) in [6.45, 7) is 3.50. The topological polar surface area (TPSA) is 9.23 Å². The van der Waals surface area contributed by atoms with E-state index in [4.69, 9.17) is 0 Å². The molecule has 0 N–H and O–H groups in total. The molecule has 0 saturated heterocycles. The third kappa shape index (κ3) is 6.43. The van der Waals surface area contributed by atoms with Gasteiger partial charge in [0, 0.05) is 11.6 Å². The van der Waals surface area contributed by atoms with Crippen LogP contribution in [0, 0.1) is 58.4 Å². The van der Waals surface area contributed by atoms with E-state index >= 15 is 0 Å². The Morgan fingerprint density at radius 1 is 0.690 bits per heavy atom. The maximum Gasteiger partial charge on any atom is 0.432 e. The first-order chi connectivity index (χ1) is 19.8. The number of hydrogen-bond donors (Lipinski definition) is 0. The van der Waals surface area contributed by atoms with E-state index in [1.165, 1.54) is 6.08 Å². The van der Waals surface area contributed by atoms with Gasteiger partial charge in [0.1, 0.15) is 40.4 Å². The highest BCUT2D eigenvalue weighted by molar-refractivity contribution is 5.66. The molecule has 0 aliphatic carbocycles. The quantitative estimate of drug-likeness (QED) is 0.0898. The van der Waals surface area contributed by atoms with Gasteiger partial charge in [0.15, 0.2) is 17.5 Å². The van der Waals surface area contributed by atoms with Gasteiger partial charge in [0.25, 0.3) is 0 Å². The van der Waals surface area contributed by atoms with Gasteiger partial charge < -0.3 is 4.74 Å². The summed E-state index contributed by atoms with van der Waals surface area (Å²) in [6.07, 6.45) is -2.55. The third-order valence-corrected chi connectivity index (χ3v) is 5.87. The maximum absolute atomic E-state index is 14.8. The molecular weight excluding hydrogens is 578 g/mol. The fraction of sp³-hybridized carbons (Fsp3) is 0.0968. The summed E-state index contributed by atoms with van der Waals surface area (Å²) in [5, 5.41) is 0. The summed E-state index contributed by atoms with van der Waals surface area (Å²) >= 11 is 0. The molecule has 0 radical (unpaired) electrons. The number of halogens is 10. The third-order valence-electron chi connectivity index (χ3n) is 5.87. The Morgan fingerprint density at radius 3 is 1.83 bits per heavy atom. The van der Waals surface area contributed by atoms with Crippen molar-refractivity contribution < 1.29 is 48.6 Å². The van der Waals surface area contributed by atoms with E-state index in [1.807, 2.05) is 0 Å². The van der Waals surface area contributed by atoms with Gasteiger partial charge in [-0.3, -0.25) is 0 Å². The molecule has 0 amide bonds. The zero-order chi connectivity index (χ0) is 30.8. The summed E-state index contributed by atoms with van der Waals surface area (Å²) < 4.78 is 147. The van der Waals surface area contributed by atoms with Crippen molar-refractivity contribution in [1.82, 2.24) is 0 Å². The minimum absolute atomic E-state index is 0.241. The molecule has 0 saturated carbocycles. The van der Waals surface area contributed by atoms with Crippen molar-refractivity contribution in [3.63, 3.8) is 0 Å². The van der Waals surface area contributed by atoms with Gasteiger partial charge in [-0.05, 0) is 72.5 Å². The molecule has 11 heteroatoms. The average Bonchev–Trinajstić information content (AvgIpc) is 2.88. The van der Waals surface area contributed by atoms with E-state index in [0.717, 1.165) is 24.3 Å². The molecule has 0 atom stereocenters. The van der Waals surface area contributed by atoms with Gasteiger partial charge in [-0.2, -0.15) is 8.78 Å². The second-order valence-corrected chi connectivity index (χ2v) is 8.84. The van der Waals surface area contributed by atoms with Crippen LogP contribution in [0.25, 0.3) is 11.1 Å². The van der Waals surface area contributed by atoms with E-state index < -0.39 is 80.6 Å². The Hall–Kier alpha value is -4.72. The van der Waals surface area contributed by atoms with Gasteiger partial charge in [-0.25, -0.2) is 35.1 Å². The van der Waals surface area contributed by atoms with Gasteiger partial charge in [0.2, 0.25) is 0 Å². The average molecular weight is 594 g/mol. The highest BCUT2D eigenvalue weighted by Crippen LogP contribution is 2.38. The number of allylic oxidation sites excluding steroid dienone is 1. The Morgan fingerprint density at radius 2 is 1.29 bits per heavy atom. The predicted molar refractivity (Wildman–Crippen MR) is 133 cm³/mol. The Labute approximate surface area is 232 Å². The van der Waals surface area contributed by atoms with Crippen LogP contribution in [0.5, 0.6) is 5.75 Å². The fourth-order valence-electron chi connectivity index (χ4n) is 3.94. The monoisotopic (exact) mass is 594 g/mol. The van der Waals surface area contributed by atoms with Crippen molar-refractivity contribution in [2.75, 3.05) is 0 Å². The molecule has 0 spiro atoms. The molecule has 0 heterocycles. The molecule has 0 unspecified atom stereocenters. The van der Waals surface area contributed by atoms with Gasteiger partial charge in [0.05, 0.1) is 11.1 Å².